The van der Waals surface area contributed by atoms with Gasteiger partial charge in [0, 0.05) is 23.6 Å². The number of halogens is 1. The molecule has 2 aromatic rings. The largest absolute Gasteiger partial charge is 1.00 e. The summed E-state index contributed by atoms with van der Waals surface area (Å²) in [6, 6.07) is 10.8. The van der Waals surface area contributed by atoms with E-state index in [1.807, 2.05) is 12.2 Å². The molecule has 1 aliphatic carbocycles. The van der Waals surface area contributed by atoms with Crippen molar-refractivity contribution in [1.82, 2.24) is 0 Å². The Morgan fingerprint density at radius 3 is 2.75 bits per heavy atom. The summed E-state index contributed by atoms with van der Waals surface area (Å²) in [6.45, 7) is 2.15. The number of fused-ring (bicyclic) bond motifs is 3. The number of hydrogen-bond donors (Lipinski definition) is 0. The Morgan fingerprint density at radius 2 is 1.88 bits per heavy atom. The first-order valence-corrected chi connectivity index (χ1v) is 5.15. The van der Waals surface area contributed by atoms with Crippen LogP contribution in [0.25, 0.3) is 22.9 Å². The van der Waals surface area contributed by atoms with Gasteiger partial charge in [-0.1, -0.05) is 12.1 Å². The van der Waals surface area contributed by atoms with E-state index in [9.17, 15) is 0 Å². The molecular weight excluding hydrogens is 260 g/mol. The lowest BCUT2D eigenvalue weighted by Gasteiger charge is -1.98. The lowest BCUT2D eigenvalue weighted by molar-refractivity contribution is -0.00000288. The third-order valence-electron chi connectivity index (χ3n) is 2.91. The molecule has 2 aromatic carbocycles. The van der Waals surface area contributed by atoms with Crippen molar-refractivity contribution in [1.29, 1.82) is 0 Å². The van der Waals surface area contributed by atoms with Gasteiger partial charge in [0.1, 0.15) is 0 Å². The van der Waals surface area contributed by atoms with Crippen molar-refractivity contribution in [3.05, 3.63) is 58.5 Å². The lowest BCUT2D eigenvalue weighted by atomic mass is 10.0. The summed E-state index contributed by atoms with van der Waals surface area (Å²) in [5, 5.41) is 5.11. The molecule has 1 aliphatic rings. The zero-order valence-electron chi connectivity index (χ0n) is 9.00. The fraction of sp³-hybridized carbons (Fsp3) is 0.0667. The molecule has 0 saturated heterocycles. The quantitative estimate of drug-likeness (QED) is 0.548. The molecule has 16 heavy (non-hydrogen) atoms. The van der Waals surface area contributed by atoms with E-state index in [0.717, 1.165) is 0 Å². The minimum atomic E-state index is 0. The number of benzene rings is 2. The number of rotatable bonds is 0. The van der Waals surface area contributed by atoms with Crippen LogP contribution in [0.1, 0.15) is 5.56 Å². The Bertz CT molecular complexity index is 678. The first-order chi connectivity index (χ1) is 7.36. The average molecular weight is 271 g/mol. The third-order valence-corrected chi connectivity index (χ3v) is 2.91. The van der Waals surface area contributed by atoms with E-state index >= 15 is 0 Å². The van der Waals surface area contributed by atoms with Crippen LogP contribution in [0.15, 0.2) is 42.5 Å². The van der Waals surface area contributed by atoms with Gasteiger partial charge < -0.3 is 17.0 Å². The first-order valence-electron chi connectivity index (χ1n) is 5.15. The number of allylic oxidation sites excluding steroid dienone is 2. The van der Waals surface area contributed by atoms with Crippen molar-refractivity contribution in [2.24, 2.45) is 0 Å². The highest BCUT2D eigenvalue weighted by Crippen LogP contribution is 2.13. The van der Waals surface area contributed by atoms with Gasteiger partial charge in [0.25, 0.3) is 0 Å². The standard InChI is InChI=1S/C15H11.BrH/c1-11-5-4-8-15-13(11)10-9-12-6-2-3-7-14(12)15;/h2-6,8-10H,1H3;1H/q+1;/p-1. The fourth-order valence-corrected chi connectivity index (χ4v) is 2.12. The summed E-state index contributed by atoms with van der Waals surface area (Å²) < 4.78 is 0. The molecule has 0 saturated carbocycles. The molecular formula is C15H11Br. The summed E-state index contributed by atoms with van der Waals surface area (Å²) in [6.07, 6.45) is 9.46. The highest BCUT2D eigenvalue weighted by Gasteiger charge is 2.06. The van der Waals surface area contributed by atoms with E-state index in [1.165, 1.54) is 26.8 Å². The molecule has 0 amide bonds. The summed E-state index contributed by atoms with van der Waals surface area (Å²) in [5.41, 5.74) is 1.33. The van der Waals surface area contributed by atoms with E-state index in [-0.39, 0.29) is 17.0 Å². The Labute approximate surface area is 105 Å². The minimum Gasteiger partial charge on any atom is -1.00 e. The highest BCUT2D eigenvalue weighted by molar-refractivity contribution is 5.87. The van der Waals surface area contributed by atoms with Gasteiger partial charge in [-0.05, 0) is 30.7 Å². The minimum absolute atomic E-state index is 0. The molecule has 0 aliphatic heterocycles. The molecule has 0 N–H and O–H groups in total. The molecule has 0 heterocycles. The van der Waals surface area contributed by atoms with Gasteiger partial charge in [0.15, 0.2) is 5.22 Å². The predicted molar refractivity (Wildman–Crippen MR) is 64.9 cm³/mol. The normalized spacial score (nSPS) is 11.8. The van der Waals surface area contributed by atoms with E-state index in [0.29, 0.717) is 0 Å². The van der Waals surface area contributed by atoms with Crippen LogP contribution in [-0.2, 0) is 0 Å². The molecule has 0 radical (unpaired) electrons. The van der Waals surface area contributed by atoms with Gasteiger partial charge in [-0.25, -0.2) is 0 Å². The SMILES string of the molecule is Cc1cccc2c3c(ccc12)=CC=C[C+]=3.[Br-]. The molecule has 78 valence electrons. The maximum atomic E-state index is 3.32. The van der Waals surface area contributed by atoms with E-state index in [2.05, 4.69) is 49.4 Å². The van der Waals surface area contributed by atoms with Crippen molar-refractivity contribution >= 4 is 22.9 Å². The molecule has 1 heteroatoms. The van der Waals surface area contributed by atoms with Crippen molar-refractivity contribution < 1.29 is 17.0 Å². The van der Waals surface area contributed by atoms with Crippen molar-refractivity contribution in [3.8, 4) is 0 Å². The second-order valence-electron chi connectivity index (χ2n) is 3.87. The van der Waals surface area contributed by atoms with E-state index in [4.69, 9.17) is 0 Å². The van der Waals surface area contributed by atoms with Gasteiger partial charge in [-0.2, -0.15) is 0 Å². The summed E-state index contributed by atoms with van der Waals surface area (Å²) >= 11 is 0. The first kappa shape index (κ1) is 11.1. The molecule has 0 atom stereocenters. The van der Waals surface area contributed by atoms with Crippen LogP contribution in [0, 0.1) is 6.92 Å². The number of hydrogen-bond acceptors (Lipinski definition) is 0. The summed E-state index contributed by atoms with van der Waals surface area (Å²) in [5.74, 6) is 0. The zero-order chi connectivity index (χ0) is 10.3. The maximum Gasteiger partial charge on any atom is 0.163 e. The predicted octanol–water partition coefficient (Wildman–Crippen LogP) is -0.840. The van der Waals surface area contributed by atoms with Crippen molar-refractivity contribution in [2.45, 2.75) is 6.92 Å². The summed E-state index contributed by atoms with van der Waals surface area (Å²) in [7, 11) is 0. The Hall–Kier alpha value is -1.43. The monoisotopic (exact) mass is 270 g/mol. The molecule has 0 nitrogen and oxygen atoms in total. The van der Waals surface area contributed by atoms with Gasteiger partial charge >= 0.3 is 0 Å². The van der Waals surface area contributed by atoms with Crippen LogP contribution in [-0.4, -0.2) is 0 Å². The van der Waals surface area contributed by atoms with E-state index in [1.54, 1.807) is 0 Å². The van der Waals surface area contributed by atoms with Crippen molar-refractivity contribution in [2.75, 3.05) is 0 Å². The fourth-order valence-electron chi connectivity index (χ4n) is 2.12. The topological polar surface area (TPSA) is 0 Å². The Balaban J connectivity index is 0.000000963. The second-order valence-corrected chi connectivity index (χ2v) is 3.87. The van der Waals surface area contributed by atoms with Gasteiger partial charge in [-0.15, -0.1) is 0 Å². The van der Waals surface area contributed by atoms with Crippen LogP contribution in [0.2, 0.25) is 0 Å². The highest BCUT2D eigenvalue weighted by atomic mass is 79.9. The van der Waals surface area contributed by atoms with Gasteiger partial charge in [0.05, 0.1) is 16.7 Å². The Morgan fingerprint density at radius 1 is 1.00 bits per heavy atom. The van der Waals surface area contributed by atoms with Crippen LogP contribution in [0.3, 0.4) is 0 Å². The zero-order valence-corrected chi connectivity index (χ0v) is 10.6. The van der Waals surface area contributed by atoms with E-state index < -0.39 is 0 Å². The molecule has 0 bridgehead atoms. The lowest BCUT2D eigenvalue weighted by Crippen LogP contribution is -3.00. The van der Waals surface area contributed by atoms with Crippen LogP contribution < -0.4 is 27.4 Å². The smallest absolute Gasteiger partial charge is 0.163 e. The second kappa shape index (κ2) is 4.21. The van der Waals surface area contributed by atoms with Crippen LogP contribution in [0.4, 0.5) is 0 Å². The number of aryl methyl sites for hydroxylation is 1. The third kappa shape index (κ3) is 1.59. The average Bonchev–Trinajstić information content (AvgIpc) is 2.29. The molecule has 3 rings (SSSR count). The van der Waals surface area contributed by atoms with Gasteiger partial charge in [-0.3, -0.25) is 0 Å². The van der Waals surface area contributed by atoms with Crippen molar-refractivity contribution in [3.63, 3.8) is 0 Å². The Kier molecular flexibility index (Phi) is 2.91. The molecule has 0 aromatic heterocycles. The molecule has 0 unspecified atom stereocenters. The van der Waals surface area contributed by atoms with Crippen LogP contribution in [0.5, 0.6) is 0 Å². The maximum absolute atomic E-state index is 3.32. The van der Waals surface area contributed by atoms with Crippen LogP contribution >= 0.6 is 0 Å². The molecule has 0 fully saturated rings. The van der Waals surface area contributed by atoms with Gasteiger partial charge in [0.2, 0.25) is 0 Å². The summed E-state index contributed by atoms with van der Waals surface area (Å²) in [4.78, 5) is 0. The molecule has 0 spiro atoms.